The molecular weight excluding hydrogens is 422 g/mol. The highest BCUT2D eigenvalue weighted by molar-refractivity contribution is 7.89. The zero-order valence-corrected chi connectivity index (χ0v) is 11.7. The molecule has 24 heavy (non-hydrogen) atoms. The lowest BCUT2D eigenvalue weighted by Crippen LogP contribution is -2.83. The van der Waals surface area contributed by atoms with Gasteiger partial charge in [-0.25, -0.2) is 8.57 Å². The van der Waals surface area contributed by atoms with Crippen LogP contribution < -0.4 is 0 Å². The quantitative estimate of drug-likeness (QED) is 0.506. The van der Waals surface area contributed by atoms with Gasteiger partial charge in [-0.15, -0.1) is 0 Å². The Morgan fingerprint density at radius 3 is 1.33 bits per heavy atom. The second kappa shape index (κ2) is 4.09. The molecule has 6 nitrogen and oxygen atoms in total. The van der Waals surface area contributed by atoms with Crippen LogP contribution in [0.4, 0.5) is 43.9 Å². The zero-order chi connectivity index (χ0) is 19.4. The number of alkyl halides is 10. The Balaban J connectivity index is 2.66. The second-order valence-corrected chi connectivity index (χ2v) is 7.67. The molecule has 2 atom stereocenters. The molecule has 2 heterocycles. The lowest BCUT2D eigenvalue weighted by Gasteiger charge is -2.50. The summed E-state index contributed by atoms with van der Waals surface area (Å²) in [6.45, 7) is 0. The van der Waals surface area contributed by atoms with Gasteiger partial charge in [-0.05, 0) is 0 Å². The maximum atomic E-state index is 13.6. The molecule has 0 saturated carbocycles. The van der Waals surface area contributed by atoms with Gasteiger partial charge < -0.3 is 0 Å². The van der Waals surface area contributed by atoms with Crippen molar-refractivity contribution in [1.82, 2.24) is 0 Å². The first-order valence-electron chi connectivity index (χ1n) is 4.96. The number of halogens is 10. The molecule has 2 unspecified atom stereocenters. The van der Waals surface area contributed by atoms with Gasteiger partial charge in [0.2, 0.25) is 0 Å². The van der Waals surface area contributed by atoms with E-state index in [-0.39, 0.29) is 0 Å². The van der Waals surface area contributed by atoms with E-state index >= 15 is 0 Å². The fourth-order valence-electron chi connectivity index (χ4n) is 1.72. The Morgan fingerprint density at radius 2 is 1.08 bits per heavy atom. The largest absolute Gasteiger partial charge is 0.434 e. The Morgan fingerprint density at radius 1 is 0.667 bits per heavy atom. The first kappa shape index (κ1) is 19.4. The van der Waals surface area contributed by atoms with Crippen molar-refractivity contribution in [2.45, 2.75) is 34.1 Å². The van der Waals surface area contributed by atoms with Gasteiger partial charge in [0, 0.05) is 0 Å². The molecule has 0 aromatic carbocycles. The van der Waals surface area contributed by atoms with E-state index in [1.807, 2.05) is 0 Å². The molecular formula is C6F10O6S2. The first-order valence-corrected chi connectivity index (χ1v) is 7.77. The lowest BCUT2D eigenvalue weighted by molar-refractivity contribution is -0.429. The molecule has 142 valence electrons. The van der Waals surface area contributed by atoms with Crippen molar-refractivity contribution in [2.75, 3.05) is 0 Å². The third-order valence-electron chi connectivity index (χ3n) is 3.05. The van der Waals surface area contributed by atoms with Gasteiger partial charge in [-0.3, -0.25) is 0 Å². The molecule has 0 amide bonds. The lowest BCUT2D eigenvalue weighted by atomic mass is 9.97. The normalized spacial score (nSPS) is 39.6. The van der Waals surface area contributed by atoms with Crippen LogP contribution in [0.25, 0.3) is 0 Å². The summed E-state index contributed by atoms with van der Waals surface area (Å²) in [5.74, 6) is -21.4. The van der Waals surface area contributed by atoms with Gasteiger partial charge in [-0.2, -0.15) is 60.5 Å². The van der Waals surface area contributed by atoms with Gasteiger partial charge >= 0.3 is 54.3 Å². The summed E-state index contributed by atoms with van der Waals surface area (Å²) in [6.07, 6.45) is -6.20. The van der Waals surface area contributed by atoms with Crippen molar-refractivity contribution in [3.05, 3.63) is 0 Å². The number of hydrogen-bond donors (Lipinski definition) is 0. The van der Waals surface area contributed by atoms with Crippen LogP contribution in [0, 0.1) is 0 Å². The summed E-state index contributed by atoms with van der Waals surface area (Å²) >= 11 is 0. The predicted octanol–water partition coefficient (Wildman–Crippen LogP) is 1.49. The van der Waals surface area contributed by atoms with E-state index in [0.717, 1.165) is 0 Å². The van der Waals surface area contributed by atoms with Gasteiger partial charge in [0.05, 0.1) is 0 Å². The zero-order valence-electron chi connectivity index (χ0n) is 10.0. The van der Waals surface area contributed by atoms with E-state index in [1.54, 1.807) is 0 Å². The van der Waals surface area contributed by atoms with Crippen LogP contribution in [-0.2, 0) is 28.6 Å². The SMILES string of the molecule is O=S1(=O)OC(F)(C(F)(F)C(F)(F)C2(F)C(F)(F)OS2(=O)=O)C1(F)F. The first-order chi connectivity index (χ1) is 10.2. The summed E-state index contributed by atoms with van der Waals surface area (Å²) < 4.78 is 178. The predicted molar refractivity (Wildman–Crippen MR) is 47.5 cm³/mol. The van der Waals surface area contributed by atoms with Crippen LogP contribution in [0.15, 0.2) is 0 Å². The Bertz CT molecular complexity index is 804. The maximum Gasteiger partial charge on any atom is 0.434 e. The van der Waals surface area contributed by atoms with Crippen molar-refractivity contribution in [3.63, 3.8) is 0 Å². The van der Waals surface area contributed by atoms with Crippen LogP contribution in [0.3, 0.4) is 0 Å². The standard InChI is InChI=1S/C6F10O6S2/c7-1(8,3(11)6(15,16)24(19,20)21-3)2(9,10)4(12)5(13,14)22-23(4,17)18. The minimum absolute atomic E-state index is 2.35. The van der Waals surface area contributed by atoms with E-state index in [1.165, 1.54) is 0 Å². The third kappa shape index (κ3) is 1.56. The molecule has 0 aromatic rings. The van der Waals surface area contributed by atoms with E-state index in [0.29, 0.717) is 0 Å². The average Bonchev–Trinajstić information content (AvgIpc) is 2.34. The van der Waals surface area contributed by atoms with Gasteiger partial charge in [0.15, 0.2) is 0 Å². The van der Waals surface area contributed by atoms with Crippen molar-refractivity contribution in [3.8, 4) is 0 Å². The maximum absolute atomic E-state index is 13.6. The highest BCUT2D eigenvalue weighted by atomic mass is 32.2. The van der Waals surface area contributed by atoms with Crippen LogP contribution in [0.1, 0.15) is 0 Å². The van der Waals surface area contributed by atoms with Crippen molar-refractivity contribution < 1.29 is 69.1 Å². The van der Waals surface area contributed by atoms with Crippen LogP contribution >= 0.6 is 0 Å². The van der Waals surface area contributed by atoms with Crippen LogP contribution in [0.2, 0.25) is 0 Å². The molecule has 0 N–H and O–H groups in total. The molecule has 2 aliphatic heterocycles. The van der Waals surface area contributed by atoms with Crippen molar-refractivity contribution in [2.24, 2.45) is 0 Å². The molecule has 2 fully saturated rings. The fourth-order valence-corrected chi connectivity index (χ4v) is 3.87. The van der Waals surface area contributed by atoms with Crippen LogP contribution in [0.5, 0.6) is 0 Å². The van der Waals surface area contributed by atoms with E-state index in [4.69, 9.17) is 0 Å². The van der Waals surface area contributed by atoms with E-state index < -0.39 is 54.3 Å². The van der Waals surface area contributed by atoms with Gasteiger partial charge in [-0.1, -0.05) is 0 Å². The van der Waals surface area contributed by atoms with Gasteiger partial charge in [0.1, 0.15) is 0 Å². The molecule has 0 aromatic heterocycles. The summed E-state index contributed by atoms with van der Waals surface area (Å²) in [5.41, 5.74) is 0. The topological polar surface area (TPSA) is 86.7 Å². The third-order valence-corrected chi connectivity index (χ3v) is 6.00. The van der Waals surface area contributed by atoms with Crippen LogP contribution in [-0.4, -0.2) is 50.9 Å². The minimum atomic E-state index is -7.45. The van der Waals surface area contributed by atoms with E-state index in [2.05, 4.69) is 8.37 Å². The Kier molecular flexibility index (Phi) is 3.31. The number of rotatable bonds is 3. The summed E-state index contributed by atoms with van der Waals surface area (Å²) in [5, 5.41) is -13.1. The molecule has 0 aliphatic carbocycles. The molecule has 2 aliphatic rings. The molecule has 0 spiro atoms. The molecule has 2 rings (SSSR count). The Hall–Kier alpha value is -0.880. The second-order valence-electron chi connectivity index (χ2n) is 4.45. The average molecular weight is 422 g/mol. The summed E-state index contributed by atoms with van der Waals surface area (Å²) in [7, 11) is -13.4. The summed E-state index contributed by atoms with van der Waals surface area (Å²) in [6, 6.07) is 0. The number of hydrogen-bond acceptors (Lipinski definition) is 6. The van der Waals surface area contributed by atoms with Gasteiger partial charge in [0.25, 0.3) is 0 Å². The minimum Gasteiger partial charge on any atom is -0.211 e. The molecule has 2 saturated heterocycles. The molecule has 0 bridgehead atoms. The fraction of sp³-hybridized carbons (Fsp3) is 1.00. The molecule has 18 heteroatoms. The van der Waals surface area contributed by atoms with E-state index in [9.17, 15) is 60.7 Å². The summed E-state index contributed by atoms with van der Waals surface area (Å²) in [4.78, 5) is 0. The monoisotopic (exact) mass is 422 g/mol. The highest BCUT2D eigenvalue weighted by Gasteiger charge is 3.01. The smallest absolute Gasteiger partial charge is 0.211 e. The molecule has 0 radical (unpaired) electrons. The van der Waals surface area contributed by atoms with Crippen molar-refractivity contribution in [1.29, 1.82) is 0 Å². The Labute approximate surface area is 124 Å². The van der Waals surface area contributed by atoms with Crippen molar-refractivity contribution >= 4 is 20.2 Å². The highest BCUT2D eigenvalue weighted by Crippen LogP contribution is 2.68.